The molecule has 46 heavy (non-hydrogen) atoms. The molecule has 0 saturated heterocycles. The minimum absolute atomic E-state index is 0.750. The second-order valence-electron chi connectivity index (χ2n) is 12.2. The summed E-state index contributed by atoms with van der Waals surface area (Å²) in [7, 11) is 0. The Hall–Kier alpha value is -5.18. The molecule has 2 heterocycles. The maximum absolute atomic E-state index is 6.62. The van der Waals surface area contributed by atoms with Crippen molar-refractivity contribution in [2.75, 3.05) is 0 Å². The summed E-state index contributed by atoms with van der Waals surface area (Å²) in [6, 6.07) is 33.6. The SMILES string of the molecule is CCCCCc1ccc(C#Cc2c3oc4ccccc4c3c(C#Cc3ccc(CCCCC)cc3)c3oc4ccccc4c23)cc1. The summed E-state index contributed by atoms with van der Waals surface area (Å²) in [6.45, 7) is 4.48. The van der Waals surface area contributed by atoms with Gasteiger partial charge in [0.15, 0.2) is 11.2 Å². The maximum Gasteiger partial charge on any atom is 0.153 e. The highest BCUT2D eigenvalue weighted by molar-refractivity contribution is 6.21. The molecule has 7 rings (SSSR count). The van der Waals surface area contributed by atoms with Crippen molar-refractivity contribution in [1.29, 1.82) is 0 Å². The molecule has 0 fully saturated rings. The molecule has 226 valence electrons. The number of fused-ring (bicyclic) bond motifs is 6. The molecule has 0 amide bonds. The van der Waals surface area contributed by atoms with Gasteiger partial charge in [-0.15, -0.1) is 0 Å². The smallest absolute Gasteiger partial charge is 0.153 e. The first-order chi connectivity index (χ1) is 22.7. The van der Waals surface area contributed by atoms with Crippen molar-refractivity contribution in [3.05, 3.63) is 130 Å². The first-order valence-corrected chi connectivity index (χ1v) is 16.7. The molecular formula is C44H38O2. The Labute approximate surface area is 271 Å². The lowest BCUT2D eigenvalue weighted by Crippen LogP contribution is -1.88. The first-order valence-electron chi connectivity index (χ1n) is 16.7. The van der Waals surface area contributed by atoms with Crippen molar-refractivity contribution in [2.24, 2.45) is 0 Å². The van der Waals surface area contributed by atoms with Gasteiger partial charge in [-0.1, -0.05) is 124 Å². The lowest BCUT2D eigenvalue weighted by molar-refractivity contribution is 0.662. The molecule has 5 aromatic carbocycles. The van der Waals surface area contributed by atoms with Crippen molar-refractivity contribution >= 4 is 43.9 Å². The van der Waals surface area contributed by atoms with Crippen LogP contribution in [0.4, 0.5) is 0 Å². The molecule has 0 unspecified atom stereocenters. The van der Waals surface area contributed by atoms with E-state index < -0.39 is 0 Å². The topological polar surface area (TPSA) is 26.3 Å². The molecular weight excluding hydrogens is 560 g/mol. The fraction of sp³-hybridized carbons (Fsp3) is 0.227. The van der Waals surface area contributed by atoms with Crippen LogP contribution in [0.3, 0.4) is 0 Å². The van der Waals surface area contributed by atoms with Crippen LogP contribution < -0.4 is 0 Å². The lowest BCUT2D eigenvalue weighted by atomic mass is 9.97. The Balaban J connectivity index is 1.39. The zero-order valence-corrected chi connectivity index (χ0v) is 26.7. The van der Waals surface area contributed by atoms with Gasteiger partial charge in [0.2, 0.25) is 0 Å². The highest BCUT2D eigenvalue weighted by atomic mass is 16.3. The Morgan fingerprint density at radius 1 is 0.457 bits per heavy atom. The summed E-state index contributed by atoms with van der Waals surface area (Å²) < 4.78 is 13.2. The van der Waals surface area contributed by atoms with Gasteiger partial charge in [0.25, 0.3) is 0 Å². The van der Waals surface area contributed by atoms with Gasteiger partial charge in [-0.3, -0.25) is 0 Å². The molecule has 2 aromatic heterocycles. The minimum Gasteiger partial charge on any atom is -0.455 e. The molecule has 2 nitrogen and oxygen atoms in total. The monoisotopic (exact) mass is 598 g/mol. The van der Waals surface area contributed by atoms with E-state index in [0.29, 0.717) is 0 Å². The number of furan rings is 2. The van der Waals surface area contributed by atoms with E-state index in [4.69, 9.17) is 8.83 Å². The van der Waals surface area contributed by atoms with Gasteiger partial charge in [-0.05, 0) is 73.2 Å². The third kappa shape index (κ3) is 5.92. The van der Waals surface area contributed by atoms with Gasteiger partial charge in [-0.2, -0.15) is 0 Å². The first kappa shape index (κ1) is 29.5. The third-order valence-electron chi connectivity index (χ3n) is 8.85. The van der Waals surface area contributed by atoms with Crippen LogP contribution in [0.15, 0.2) is 106 Å². The Morgan fingerprint density at radius 2 is 0.870 bits per heavy atom. The van der Waals surface area contributed by atoms with Crippen LogP contribution >= 0.6 is 0 Å². The van der Waals surface area contributed by atoms with Crippen LogP contribution in [0.1, 0.15) is 85.8 Å². The van der Waals surface area contributed by atoms with Crippen molar-refractivity contribution in [3.8, 4) is 23.7 Å². The molecule has 7 aromatic rings. The normalized spacial score (nSPS) is 11.2. The van der Waals surface area contributed by atoms with Crippen molar-refractivity contribution in [3.63, 3.8) is 0 Å². The quantitative estimate of drug-likeness (QED) is 0.128. The van der Waals surface area contributed by atoms with Crippen LogP contribution in [0.25, 0.3) is 43.9 Å². The molecule has 2 heteroatoms. The van der Waals surface area contributed by atoms with Crippen molar-refractivity contribution in [1.82, 2.24) is 0 Å². The molecule has 0 saturated carbocycles. The number of hydrogen-bond acceptors (Lipinski definition) is 2. The molecule has 0 aliphatic rings. The number of rotatable bonds is 8. The number of benzene rings is 5. The molecule has 0 N–H and O–H groups in total. The van der Waals surface area contributed by atoms with E-state index in [0.717, 1.165) is 79.0 Å². The fourth-order valence-corrected chi connectivity index (χ4v) is 6.34. The molecule has 0 spiro atoms. The number of hydrogen-bond donors (Lipinski definition) is 0. The number of unbranched alkanes of at least 4 members (excludes halogenated alkanes) is 4. The lowest BCUT2D eigenvalue weighted by Gasteiger charge is -2.03. The minimum atomic E-state index is 0.750. The van der Waals surface area contributed by atoms with Gasteiger partial charge >= 0.3 is 0 Å². The van der Waals surface area contributed by atoms with E-state index in [9.17, 15) is 0 Å². The van der Waals surface area contributed by atoms with Gasteiger partial charge < -0.3 is 8.83 Å². The van der Waals surface area contributed by atoms with Gasteiger partial charge in [-0.25, -0.2) is 0 Å². The molecule has 0 bridgehead atoms. The summed E-state index contributed by atoms with van der Waals surface area (Å²) in [5.41, 5.74) is 9.46. The largest absolute Gasteiger partial charge is 0.455 e. The van der Waals surface area contributed by atoms with Crippen LogP contribution in [-0.2, 0) is 12.8 Å². The third-order valence-corrected chi connectivity index (χ3v) is 8.85. The maximum atomic E-state index is 6.62. The Kier molecular flexibility index (Phi) is 8.63. The van der Waals surface area contributed by atoms with Gasteiger partial charge in [0.1, 0.15) is 11.2 Å². The molecule has 0 aliphatic heterocycles. The summed E-state index contributed by atoms with van der Waals surface area (Å²) in [4.78, 5) is 0. The van der Waals surface area contributed by atoms with Crippen molar-refractivity contribution in [2.45, 2.75) is 65.2 Å². The average molecular weight is 599 g/mol. The highest BCUT2D eigenvalue weighted by Gasteiger charge is 2.23. The molecule has 0 radical (unpaired) electrons. The zero-order chi connectivity index (χ0) is 31.3. The van der Waals surface area contributed by atoms with E-state index in [2.05, 4.69) is 98.2 Å². The summed E-state index contributed by atoms with van der Waals surface area (Å²) in [6.07, 6.45) is 9.63. The second-order valence-corrected chi connectivity index (χ2v) is 12.2. The number of para-hydroxylation sites is 2. The van der Waals surface area contributed by atoms with Crippen LogP contribution in [-0.4, -0.2) is 0 Å². The van der Waals surface area contributed by atoms with Crippen LogP contribution in [0.5, 0.6) is 0 Å². The van der Waals surface area contributed by atoms with Crippen LogP contribution in [0, 0.1) is 23.7 Å². The van der Waals surface area contributed by atoms with E-state index in [1.54, 1.807) is 0 Å². The standard InChI is InChI=1S/C44H38O2/c1-3-5-7-13-31-19-23-33(24-20-31)27-29-37-41-35-15-9-11-17-39(35)46-44(41)38(42-36-16-10-12-18-40(36)45-43(37)42)30-28-34-25-21-32(22-26-34)14-8-6-4-2/h9-12,15-26H,3-8,13-14H2,1-2H3. The summed E-state index contributed by atoms with van der Waals surface area (Å²) >= 11 is 0. The van der Waals surface area contributed by atoms with E-state index in [1.807, 2.05) is 36.4 Å². The molecule has 0 aliphatic carbocycles. The Bertz CT molecular complexity index is 2110. The average Bonchev–Trinajstić information content (AvgIpc) is 3.67. The van der Waals surface area contributed by atoms with Crippen molar-refractivity contribution < 1.29 is 8.83 Å². The van der Waals surface area contributed by atoms with Gasteiger partial charge in [0.05, 0.1) is 11.1 Å². The summed E-state index contributed by atoms with van der Waals surface area (Å²) in [5, 5.41) is 3.91. The fourth-order valence-electron chi connectivity index (χ4n) is 6.34. The predicted octanol–water partition coefficient (Wildman–Crippen LogP) is 11.8. The van der Waals surface area contributed by atoms with E-state index in [-0.39, 0.29) is 0 Å². The predicted molar refractivity (Wildman–Crippen MR) is 192 cm³/mol. The zero-order valence-electron chi connectivity index (χ0n) is 26.7. The second kappa shape index (κ2) is 13.4. The Morgan fingerprint density at radius 3 is 1.28 bits per heavy atom. The highest BCUT2D eigenvalue weighted by Crippen LogP contribution is 2.42. The van der Waals surface area contributed by atoms with E-state index in [1.165, 1.54) is 49.7 Å². The number of aryl methyl sites for hydroxylation is 2. The van der Waals surface area contributed by atoms with Gasteiger partial charge in [0, 0.05) is 32.7 Å². The summed E-state index contributed by atoms with van der Waals surface area (Å²) in [5.74, 6) is 14.0. The molecule has 0 atom stereocenters. The van der Waals surface area contributed by atoms with Crippen LogP contribution in [0.2, 0.25) is 0 Å². The van der Waals surface area contributed by atoms with E-state index >= 15 is 0 Å².